The Morgan fingerprint density at radius 1 is 1.37 bits per heavy atom. The minimum Gasteiger partial charge on any atom is -0.481 e. The first-order chi connectivity index (χ1) is 9.10. The molecule has 0 spiro atoms. The summed E-state index contributed by atoms with van der Waals surface area (Å²) in [6.45, 7) is 0. The summed E-state index contributed by atoms with van der Waals surface area (Å²) in [6, 6.07) is 5.87. The predicted octanol–water partition coefficient (Wildman–Crippen LogP) is 2.81. The summed E-state index contributed by atoms with van der Waals surface area (Å²) in [6.07, 6.45) is 1.30. The van der Waals surface area contributed by atoms with Gasteiger partial charge in [-0.15, -0.1) is 0 Å². The summed E-state index contributed by atoms with van der Waals surface area (Å²) >= 11 is 3.14. The van der Waals surface area contributed by atoms with Crippen LogP contribution in [0.25, 0.3) is 0 Å². The summed E-state index contributed by atoms with van der Waals surface area (Å²) < 4.78 is 19.2. The molecule has 0 unspecified atom stereocenters. The fourth-order valence-electron chi connectivity index (χ4n) is 1.56. The quantitative estimate of drug-likeness (QED) is 0.811. The molecule has 0 saturated carbocycles. The second kappa shape index (κ2) is 5.88. The Kier molecular flexibility index (Phi) is 4.21. The number of methoxy groups -OCH3 is 1. The fourth-order valence-corrected chi connectivity index (χ4v) is 1.89. The molecule has 4 nitrogen and oxygen atoms in total. The lowest BCUT2D eigenvalue weighted by Crippen LogP contribution is -2.08. The van der Waals surface area contributed by atoms with Gasteiger partial charge < -0.3 is 4.74 Å². The van der Waals surface area contributed by atoms with Gasteiger partial charge in [-0.1, -0.05) is 15.9 Å². The summed E-state index contributed by atoms with van der Waals surface area (Å²) in [5.41, 5.74) is 0.528. The van der Waals surface area contributed by atoms with Crippen LogP contribution in [0.3, 0.4) is 0 Å². The van der Waals surface area contributed by atoms with Gasteiger partial charge in [-0.05, 0) is 18.2 Å². The van der Waals surface area contributed by atoms with E-state index in [0.717, 1.165) is 0 Å². The topological polar surface area (TPSA) is 52.1 Å². The number of halogens is 2. The normalized spacial score (nSPS) is 10.3. The zero-order chi connectivity index (χ0) is 13.8. The largest absolute Gasteiger partial charge is 0.481 e. The zero-order valence-electron chi connectivity index (χ0n) is 10.1. The first kappa shape index (κ1) is 13.6. The van der Waals surface area contributed by atoms with Crippen molar-refractivity contribution in [3.8, 4) is 5.88 Å². The van der Waals surface area contributed by atoms with Crippen LogP contribution < -0.4 is 4.74 Å². The molecular formula is C13H10BrFN2O2. The van der Waals surface area contributed by atoms with Crippen LogP contribution in [0.15, 0.2) is 35.1 Å². The molecule has 98 valence electrons. The lowest BCUT2D eigenvalue weighted by molar-refractivity contribution is 0.0988. The van der Waals surface area contributed by atoms with Gasteiger partial charge >= 0.3 is 0 Å². The van der Waals surface area contributed by atoms with Gasteiger partial charge in [0.05, 0.1) is 24.8 Å². The summed E-state index contributed by atoms with van der Waals surface area (Å²) in [5, 5.41) is 0. The number of carbonyl (C=O) groups excluding carboxylic acids is 1. The van der Waals surface area contributed by atoms with Crippen molar-refractivity contribution in [3.63, 3.8) is 0 Å². The van der Waals surface area contributed by atoms with Crippen LogP contribution >= 0.6 is 15.9 Å². The molecule has 0 saturated heterocycles. The number of carbonyl (C=O) groups is 1. The maximum atomic E-state index is 13.6. The first-order valence-electron chi connectivity index (χ1n) is 5.43. The van der Waals surface area contributed by atoms with Gasteiger partial charge in [-0.25, -0.2) is 14.4 Å². The molecule has 0 aliphatic heterocycles. The molecule has 0 amide bonds. The highest BCUT2D eigenvalue weighted by atomic mass is 79.9. The molecule has 1 heterocycles. The van der Waals surface area contributed by atoms with Gasteiger partial charge in [0.1, 0.15) is 12.1 Å². The van der Waals surface area contributed by atoms with E-state index in [4.69, 9.17) is 4.74 Å². The molecule has 2 aromatic rings. The number of ketones is 1. The van der Waals surface area contributed by atoms with Crippen molar-refractivity contribution in [2.24, 2.45) is 0 Å². The number of ether oxygens (including phenoxy) is 1. The maximum absolute atomic E-state index is 13.6. The van der Waals surface area contributed by atoms with Crippen LogP contribution in [-0.2, 0) is 6.42 Å². The molecule has 0 aliphatic carbocycles. The molecule has 1 aromatic heterocycles. The van der Waals surface area contributed by atoms with E-state index in [1.165, 1.54) is 25.6 Å². The minimum atomic E-state index is -0.555. The zero-order valence-corrected chi connectivity index (χ0v) is 11.6. The van der Waals surface area contributed by atoms with Crippen molar-refractivity contribution in [3.05, 3.63) is 52.1 Å². The number of Topliss-reactive ketones (excluding diaryl/α,β-unsaturated/α-hetero) is 1. The van der Waals surface area contributed by atoms with E-state index >= 15 is 0 Å². The first-order valence-corrected chi connectivity index (χ1v) is 6.22. The third-order valence-electron chi connectivity index (χ3n) is 2.48. The molecule has 0 bridgehead atoms. The van der Waals surface area contributed by atoms with Crippen molar-refractivity contribution >= 4 is 21.7 Å². The van der Waals surface area contributed by atoms with E-state index < -0.39 is 5.82 Å². The van der Waals surface area contributed by atoms with Crippen LogP contribution in [0.2, 0.25) is 0 Å². The maximum Gasteiger partial charge on any atom is 0.216 e. The van der Waals surface area contributed by atoms with Crippen LogP contribution in [-0.4, -0.2) is 22.9 Å². The molecule has 6 heteroatoms. The molecule has 2 rings (SSSR count). The molecule has 0 N–H and O–H groups in total. The van der Waals surface area contributed by atoms with Crippen molar-refractivity contribution in [1.29, 1.82) is 0 Å². The van der Waals surface area contributed by atoms with Crippen LogP contribution in [0.5, 0.6) is 5.88 Å². The van der Waals surface area contributed by atoms with Crippen molar-refractivity contribution in [2.75, 3.05) is 7.11 Å². The minimum absolute atomic E-state index is 0.00255. The molecule has 0 radical (unpaired) electrons. The van der Waals surface area contributed by atoms with Crippen molar-refractivity contribution < 1.29 is 13.9 Å². The Balaban J connectivity index is 2.20. The average molecular weight is 325 g/mol. The number of hydrogen-bond donors (Lipinski definition) is 0. The van der Waals surface area contributed by atoms with Gasteiger partial charge in [0.25, 0.3) is 0 Å². The second-order valence-corrected chi connectivity index (χ2v) is 4.69. The number of nitrogens with zero attached hydrogens (tertiary/aromatic N) is 2. The predicted molar refractivity (Wildman–Crippen MR) is 70.7 cm³/mol. The molecule has 0 aliphatic rings. The van der Waals surface area contributed by atoms with Crippen molar-refractivity contribution in [2.45, 2.75) is 6.42 Å². The van der Waals surface area contributed by atoms with E-state index in [1.807, 2.05) is 0 Å². The summed E-state index contributed by atoms with van der Waals surface area (Å²) in [4.78, 5) is 19.8. The van der Waals surface area contributed by atoms with Gasteiger partial charge in [0.2, 0.25) is 5.88 Å². The fraction of sp³-hybridized carbons (Fsp3) is 0.154. The number of rotatable bonds is 4. The highest BCUT2D eigenvalue weighted by molar-refractivity contribution is 9.10. The van der Waals surface area contributed by atoms with Crippen LogP contribution in [0.4, 0.5) is 4.39 Å². The Bertz CT molecular complexity index is 619. The lowest BCUT2D eigenvalue weighted by atomic mass is 10.1. The van der Waals surface area contributed by atoms with E-state index in [2.05, 4.69) is 25.9 Å². The molecule has 19 heavy (non-hydrogen) atoms. The summed E-state index contributed by atoms with van der Waals surface area (Å²) in [5.74, 6) is -0.528. The smallest absolute Gasteiger partial charge is 0.216 e. The Morgan fingerprint density at radius 2 is 2.16 bits per heavy atom. The van der Waals surface area contributed by atoms with Gasteiger partial charge in [-0.2, -0.15) is 0 Å². The standard InChI is InChI=1S/C13H10BrFN2O2/c1-19-13-6-9(16-7-17-13)5-12(18)10-3-2-8(14)4-11(10)15/h2-4,6-7H,5H2,1H3. The lowest BCUT2D eigenvalue weighted by Gasteiger charge is -2.04. The monoisotopic (exact) mass is 324 g/mol. The van der Waals surface area contributed by atoms with Crippen molar-refractivity contribution in [1.82, 2.24) is 9.97 Å². The van der Waals surface area contributed by atoms with E-state index in [9.17, 15) is 9.18 Å². The highest BCUT2D eigenvalue weighted by Crippen LogP contribution is 2.17. The number of benzene rings is 1. The van der Waals surface area contributed by atoms with E-state index in [-0.39, 0.29) is 17.8 Å². The Labute approximate surface area is 117 Å². The molecule has 0 fully saturated rings. The molecular weight excluding hydrogens is 315 g/mol. The van der Waals surface area contributed by atoms with Crippen LogP contribution in [0, 0.1) is 5.82 Å². The van der Waals surface area contributed by atoms with Crippen LogP contribution in [0.1, 0.15) is 16.1 Å². The Hall–Kier alpha value is -1.82. The van der Waals surface area contributed by atoms with Gasteiger partial charge in [0, 0.05) is 10.5 Å². The SMILES string of the molecule is COc1cc(CC(=O)c2ccc(Br)cc2F)ncn1. The average Bonchev–Trinajstić information content (AvgIpc) is 2.38. The van der Waals surface area contributed by atoms with Gasteiger partial charge in [-0.3, -0.25) is 4.79 Å². The summed E-state index contributed by atoms with van der Waals surface area (Å²) in [7, 11) is 1.47. The Morgan fingerprint density at radius 3 is 2.84 bits per heavy atom. The van der Waals surface area contributed by atoms with E-state index in [1.54, 1.807) is 12.1 Å². The number of hydrogen-bond acceptors (Lipinski definition) is 4. The second-order valence-electron chi connectivity index (χ2n) is 3.78. The molecule has 0 atom stereocenters. The molecule has 1 aromatic carbocycles. The van der Waals surface area contributed by atoms with E-state index in [0.29, 0.717) is 16.0 Å². The van der Waals surface area contributed by atoms with Gasteiger partial charge in [0.15, 0.2) is 5.78 Å². The third kappa shape index (κ3) is 3.35. The number of aromatic nitrogens is 2. The third-order valence-corrected chi connectivity index (χ3v) is 2.97. The highest BCUT2D eigenvalue weighted by Gasteiger charge is 2.13.